The molecule has 1 aromatic heterocycles. The number of nitrogens with zero attached hydrogens (tertiary/aromatic N) is 1. The number of fused-ring (bicyclic) bond motifs is 1. The van der Waals surface area contributed by atoms with Crippen LogP contribution < -0.4 is 19.5 Å². The minimum atomic E-state index is -0.389. The molecule has 2 atom stereocenters. The van der Waals surface area contributed by atoms with Crippen LogP contribution >= 0.6 is 0 Å². The van der Waals surface area contributed by atoms with Gasteiger partial charge in [0.05, 0.1) is 32.6 Å². The highest BCUT2D eigenvalue weighted by Gasteiger charge is 2.41. The van der Waals surface area contributed by atoms with Gasteiger partial charge in [0.15, 0.2) is 17.3 Å². The Hall–Kier alpha value is -3.94. The van der Waals surface area contributed by atoms with E-state index in [0.29, 0.717) is 47.2 Å². The second kappa shape index (κ2) is 8.44. The molecule has 2 aromatic carbocycles. The fourth-order valence-corrected chi connectivity index (χ4v) is 5.06. The number of allylic oxidation sites excluding steroid dienone is 2. The minimum Gasteiger partial charge on any atom is -0.508 e. The van der Waals surface area contributed by atoms with Crippen molar-refractivity contribution >= 4 is 11.7 Å². The molecule has 2 N–H and O–H groups in total. The van der Waals surface area contributed by atoms with E-state index in [1.807, 2.05) is 31.2 Å². The molecule has 2 aliphatic rings. The van der Waals surface area contributed by atoms with Gasteiger partial charge in [0.1, 0.15) is 5.75 Å². The summed E-state index contributed by atoms with van der Waals surface area (Å²) in [6.07, 6.45) is 0.998. The lowest BCUT2D eigenvalue weighted by Crippen LogP contribution is -2.29. The van der Waals surface area contributed by atoms with E-state index in [9.17, 15) is 9.90 Å². The van der Waals surface area contributed by atoms with Crippen molar-refractivity contribution < 1.29 is 28.6 Å². The molecule has 5 rings (SSSR count). The molecule has 1 aliphatic heterocycles. The van der Waals surface area contributed by atoms with E-state index >= 15 is 0 Å². The molecule has 34 heavy (non-hydrogen) atoms. The van der Waals surface area contributed by atoms with Crippen LogP contribution in [0.2, 0.25) is 0 Å². The van der Waals surface area contributed by atoms with Crippen LogP contribution in [0.3, 0.4) is 0 Å². The van der Waals surface area contributed by atoms with E-state index in [0.717, 1.165) is 22.4 Å². The first-order valence-electron chi connectivity index (χ1n) is 11.0. The quantitative estimate of drug-likeness (QED) is 0.564. The Kier molecular flexibility index (Phi) is 5.43. The molecule has 1 aliphatic carbocycles. The van der Waals surface area contributed by atoms with E-state index in [1.165, 1.54) is 0 Å². The third-order valence-electron chi connectivity index (χ3n) is 6.64. The number of anilines is 1. The molecule has 0 fully saturated rings. The number of aryl methyl sites for hydroxylation is 1. The van der Waals surface area contributed by atoms with Crippen LogP contribution in [0.1, 0.15) is 47.1 Å². The maximum absolute atomic E-state index is 13.7. The number of methoxy groups -OCH3 is 3. The first kappa shape index (κ1) is 21.9. The number of nitrogens with one attached hydrogen (secondary N) is 1. The molecule has 8 nitrogen and oxygen atoms in total. The second-order valence-electron chi connectivity index (χ2n) is 8.54. The van der Waals surface area contributed by atoms with Gasteiger partial charge in [-0.05, 0) is 54.7 Å². The largest absolute Gasteiger partial charge is 0.508 e. The summed E-state index contributed by atoms with van der Waals surface area (Å²) in [5.41, 5.74) is 4.88. The second-order valence-corrected chi connectivity index (χ2v) is 8.54. The van der Waals surface area contributed by atoms with Crippen LogP contribution in [-0.4, -0.2) is 37.4 Å². The Balaban J connectivity index is 1.65. The molecular formula is C26H26N2O6. The molecule has 0 spiro atoms. The molecular weight excluding hydrogens is 436 g/mol. The maximum Gasteiger partial charge on any atom is 0.233 e. The van der Waals surface area contributed by atoms with Crippen molar-refractivity contribution in [1.82, 2.24) is 5.16 Å². The number of ether oxygens (including phenoxy) is 3. The summed E-state index contributed by atoms with van der Waals surface area (Å²) in [4.78, 5) is 13.7. The lowest BCUT2D eigenvalue weighted by Gasteiger charge is -2.34. The van der Waals surface area contributed by atoms with Crippen LogP contribution in [0, 0.1) is 6.92 Å². The summed E-state index contributed by atoms with van der Waals surface area (Å²) in [5, 5.41) is 17.2. The Bertz CT molecular complexity index is 1270. The number of carbonyl (C=O) groups excluding carboxylic acids is 1. The fraction of sp³-hybridized carbons (Fsp3) is 0.308. The monoisotopic (exact) mass is 462 g/mol. The standard InChI is InChI=1S/C26H26N2O6/c1-13-22-23(16-11-20(31-2)25(33-4)21(12-16)32-3)24-18(27-26(22)34-28-13)9-15(10-19(24)30)14-5-7-17(29)8-6-14/h5-8,11-12,15,23,27,29H,9-10H2,1-4H3. The van der Waals surface area contributed by atoms with Crippen LogP contribution in [0.25, 0.3) is 0 Å². The van der Waals surface area contributed by atoms with Crippen molar-refractivity contribution in [3.8, 4) is 23.0 Å². The Labute approximate surface area is 197 Å². The predicted octanol–water partition coefficient (Wildman–Crippen LogP) is 4.67. The van der Waals surface area contributed by atoms with Gasteiger partial charge in [-0.1, -0.05) is 17.3 Å². The van der Waals surface area contributed by atoms with Gasteiger partial charge in [-0.2, -0.15) is 0 Å². The predicted molar refractivity (Wildman–Crippen MR) is 125 cm³/mol. The molecule has 0 bridgehead atoms. The van der Waals surface area contributed by atoms with Crippen LogP contribution in [0.4, 0.5) is 5.88 Å². The Morgan fingerprint density at radius 1 is 1.00 bits per heavy atom. The van der Waals surface area contributed by atoms with Gasteiger partial charge in [-0.25, -0.2) is 0 Å². The average Bonchev–Trinajstić information content (AvgIpc) is 3.22. The smallest absolute Gasteiger partial charge is 0.233 e. The molecule has 0 saturated carbocycles. The number of hydrogen-bond donors (Lipinski definition) is 2. The molecule has 8 heteroatoms. The lowest BCUT2D eigenvalue weighted by atomic mass is 9.72. The zero-order chi connectivity index (χ0) is 24.0. The van der Waals surface area contributed by atoms with Gasteiger partial charge < -0.3 is 29.2 Å². The van der Waals surface area contributed by atoms with Gasteiger partial charge in [0.2, 0.25) is 11.6 Å². The first-order chi connectivity index (χ1) is 16.4. The van der Waals surface area contributed by atoms with Crippen molar-refractivity contribution in [1.29, 1.82) is 0 Å². The molecule has 0 saturated heterocycles. The summed E-state index contributed by atoms with van der Waals surface area (Å²) in [7, 11) is 4.69. The summed E-state index contributed by atoms with van der Waals surface area (Å²) >= 11 is 0. The van der Waals surface area contributed by atoms with Crippen molar-refractivity contribution in [3.63, 3.8) is 0 Å². The third-order valence-corrected chi connectivity index (χ3v) is 6.64. The number of phenolic OH excluding ortho intramolecular Hbond substituents is 1. The molecule has 176 valence electrons. The number of rotatable bonds is 5. The molecule has 2 heterocycles. The Morgan fingerprint density at radius 3 is 2.29 bits per heavy atom. The summed E-state index contributed by atoms with van der Waals surface area (Å²) in [6.45, 7) is 1.87. The van der Waals surface area contributed by atoms with Gasteiger partial charge >= 0.3 is 0 Å². The highest BCUT2D eigenvalue weighted by atomic mass is 16.5. The van der Waals surface area contributed by atoms with Crippen molar-refractivity contribution in [2.75, 3.05) is 26.6 Å². The molecule has 0 amide bonds. The SMILES string of the molecule is COc1cc(C2C3=C(CC(c4ccc(O)cc4)CC3=O)Nc3onc(C)c32)cc(OC)c1OC. The summed E-state index contributed by atoms with van der Waals surface area (Å²) in [6, 6.07) is 10.8. The number of phenols is 1. The number of aromatic nitrogens is 1. The van der Waals surface area contributed by atoms with Gasteiger partial charge in [-0.15, -0.1) is 0 Å². The number of hydrogen-bond acceptors (Lipinski definition) is 8. The number of carbonyl (C=O) groups is 1. The van der Waals surface area contributed by atoms with Gasteiger partial charge in [-0.3, -0.25) is 4.79 Å². The Morgan fingerprint density at radius 2 is 1.68 bits per heavy atom. The van der Waals surface area contributed by atoms with Crippen LogP contribution in [0.15, 0.2) is 52.2 Å². The highest BCUT2D eigenvalue weighted by Crippen LogP contribution is 2.51. The summed E-state index contributed by atoms with van der Waals surface area (Å²) in [5.74, 6) is 1.90. The zero-order valence-corrected chi connectivity index (χ0v) is 19.5. The zero-order valence-electron chi connectivity index (χ0n) is 19.5. The van der Waals surface area contributed by atoms with Crippen LogP contribution in [-0.2, 0) is 4.79 Å². The van der Waals surface area contributed by atoms with Crippen molar-refractivity contribution in [2.45, 2.75) is 31.6 Å². The summed E-state index contributed by atoms with van der Waals surface area (Å²) < 4.78 is 22.3. The molecule has 2 unspecified atom stereocenters. The van der Waals surface area contributed by atoms with Crippen molar-refractivity contribution in [3.05, 3.63) is 70.1 Å². The lowest BCUT2D eigenvalue weighted by molar-refractivity contribution is -0.116. The fourth-order valence-electron chi connectivity index (χ4n) is 5.06. The van der Waals surface area contributed by atoms with E-state index in [4.69, 9.17) is 18.7 Å². The molecule has 0 radical (unpaired) electrons. The van der Waals surface area contributed by atoms with E-state index in [2.05, 4.69) is 10.5 Å². The first-order valence-corrected chi connectivity index (χ1v) is 11.0. The van der Waals surface area contributed by atoms with E-state index in [1.54, 1.807) is 33.5 Å². The normalized spacial score (nSPS) is 19.2. The van der Waals surface area contributed by atoms with E-state index < -0.39 is 0 Å². The number of benzene rings is 2. The van der Waals surface area contributed by atoms with Crippen molar-refractivity contribution in [2.24, 2.45) is 0 Å². The van der Waals surface area contributed by atoms with Gasteiger partial charge in [0, 0.05) is 23.6 Å². The average molecular weight is 463 g/mol. The maximum atomic E-state index is 13.7. The third kappa shape index (κ3) is 3.46. The number of aromatic hydroxyl groups is 1. The highest BCUT2D eigenvalue weighted by molar-refractivity contribution is 6.01. The number of ketones is 1. The molecule has 3 aromatic rings. The van der Waals surface area contributed by atoms with E-state index in [-0.39, 0.29) is 23.4 Å². The topological polar surface area (TPSA) is 103 Å². The van der Waals surface area contributed by atoms with Gasteiger partial charge in [0.25, 0.3) is 0 Å². The minimum absolute atomic E-state index is 0.00879. The number of Topliss-reactive ketones (excluding diaryl/α,β-unsaturated/α-hetero) is 1. The van der Waals surface area contributed by atoms with Crippen LogP contribution in [0.5, 0.6) is 23.0 Å².